The maximum absolute atomic E-state index is 12.3. The average Bonchev–Trinajstić information content (AvgIpc) is 2.72. The Morgan fingerprint density at radius 1 is 0.867 bits per heavy atom. The van der Waals surface area contributed by atoms with Crippen LogP contribution in [0.1, 0.15) is 11.1 Å². The third-order valence-corrected chi connectivity index (χ3v) is 4.51. The van der Waals surface area contributed by atoms with Gasteiger partial charge in [-0.15, -0.1) is 0 Å². The summed E-state index contributed by atoms with van der Waals surface area (Å²) >= 11 is 0. The monoisotopic (exact) mass is 404 g/mol. The Balaban J connectivity index is 1.65. The molecule has 3 rings (SSSR count). The number of hydrogen-bond donors (Lipinski definition) is 4. The van der Waals surface area contributed by atoms with Gasteiger partial charge in [0, 0.05) is 5.69 Å². The van der Waals surface area contributed by atoms with Gasteiger partial charge in [0.25, 0.3) is 0 Å². The van der Waals surface area contributed by atoms with Crippen LogP contribution in [0.25, 0.3) is 0 Å². The molecule has 30 heavy (non-hydrogen) atoms. The van der Waals surface area contributed by atoms with E-state index in [1.165, 1.54) is 7.11 Å². The predicted molar refractivity (Wildman–Crippen MR) is 120 cm³/mol. The van der Waals surface area contributed by atoms with Crippen molar-refractivity contribution < 1.29 is 14.3 Å². The number of para-hydroxylation sites is 3. The number of benzene rings is 3. The van der Waals surface area contributed by atoms with E-state index >= 15 is 0 Å². The van der Waals surface area contributed by atoms with Crippen molar-refractivity contribution in [3.63, 3.8) is 0 Å². The second kappa shape index (κ2) is 9.47. The minimum absolute atomic E-state index is 0.139. The van der Waals surface area contributed by atoms with Crippen LogP contribution in [0.2, 0.25) is 0 Å². The van der Waals surface area contributed by atoms with Gasteiger partial charge in [0.15, 0.2) is 0 Å². The van der Waals surface area contributed by atoms with E-state index in [0.717, 1.165) is 16.8 Å². The van der Waals surface area contributed by atoms with E-state index in [4.69, 9.17) is 10.5 Å². The number of nitrogen functional groups attached to an aromatic ring is 1. The number of amides is 3. The molecule has 3 amide bonds. The van der Waals surface area contributed by atoms with Crippen LogP contribution in [0.4, 0.5) is 27.5 Å². The van der Waals surface area contributed by atoms with Crippen LogP contribution in [0, 0.1) is 6.92 Å². The molecule has 0 radical (unpaired) electrons. The van der Waals surface area contributed by atoms with Crippen LogP contribution in [0.15, 0.2) is 66.7 Å². The first-order valence-corrected chi connectivity index (χ1v) is 9.41. The highest BCUT2D eigenvalue weighted by Crippen LogP contribution is 2.27. The van der Waals surface area contributed by atoms with Gasteiger partial charge in [-0.1, -0.05) is 36.4 Å². The van der Waals surface area contributed by atoms with E-state index in [9.17, 15) is 9.59 Å². The SMILES string of the molecule is COc1cc(CC(=O)Nc2ccccc2N)ccc1NC(=O)Nc1ccccc1C. The number of hydrogen-bond acceptors (Lipinski definition) is 4. The number of ether oxygens (including phenoxy) is 1. The van der Waals surface area contributed by atoms with Gasteiger partial charge < -0.3 is 26.4 Å². The Kier molecular flexibility index (Phi) is 6.54. The van der Waals surface area contributed by atoms with E-state index in [1.807, 2.05) is 31.2 Å². The van der Waals surface area contributed by atoms with Crippen molar-refractivity contribution in [2.75, 3.05) is 28.8 Å². The summed E-state index contributed by atoms with van der Waals surface area (Å²) in [6, 6.07) is 19.4. The Labute approximate surface area is 175 Å². The lowest BCUT2D eigenvalue weighted by Gasteiger charge is -2.14. The van der Waals surface area contributed by atoms with Gasteiger partial charge in [0.05, 0.1) is 30.6 Å². The summed E-state index contributed by atoms with van der Waals surface area (Å²) < 4.78 is 5.39. The molecule has 3 aromatic rings. The Morgan fingerprint density at radius 2 is 1.53 bits per heavy atom. The predicted octanol–water partition coefficient (Wildman–Crippen LogP) is 4.41. The fourth-order valence-electron chi connectivity index (χ4n) is 2.93. The highest BCUT2D eigenvalue weighted by Gasteiger charge is 2.12. The number of anilines is 4. The summed E-state index contributed by atoms with van der Waals surface area (Å²) in [6.07, 6.45) is 0.139. The van der Waals surface area contributed by atoms with Crippen LogP contribution in [0.5, 0.6) is 5.75 Å². The zero-order valence-corrected chi connectivity index (χ0v) is 16.9. The molecule has 7 heteroatoms. The summed E-state index contributed by atoms with van der Waals surface area (Å²) in [5.41, 5.74) is 9.85. The second-order valence-electron chi connectivity index (χ2n) is 6.74. The van der Waals surface area contributed by atoms with Gasteiger partial charge in [0.1, 0.15) is 5.75 Å². The Morgan fingerprint density at radius 3 is 2.23 bits per heavy atom. The molecule has 0 heterocycles. The number of nitrogens with one attached hydrogen (secondary N) is 3. The smallest absolute Gasteiger partial charge is 0.323 e. The van der Waals surface area contributed by atoms with Gasteiger partial charge in [-0.3, -0.25) is 4.79 Å². The maximum Gasteiger partial charge on any atom is 0.323 e. The molecule has 5 N–H and O–H groups in total. The Hall–Kier alpha value is -4.00. The van der Waals surface area contributed by atoms with Crippen molar-refractivity contribution in [2.24, 2.45) is 0 Å². The van der Waals surface area contributed by atoms with Crippen molar-refractivity contribution in [1.82, 2.24) is 0 Å². The Bertz CT molecular complexity index is 1070. The van der Waals surface area contributed by atoms with Crippen LogP contribution < -0.4 is 26.4 Å². The quantitative estimate of drug-likeness (QED) is 0.457. The molecule has 0 spiro atoms. The third-order valence-electron chi connectivity index (χ3n) is 4.51. The van der Waals surface area contributed by atoms with Crippen LogP contribution in [-0.4, -0.2) is 19.0 Å². The maximum atomic E-state index is 12.3. The molecule has 0 aromatic heterocycles. The van der Waals surface area contributed by atoms with E-state index in [2.05, 4.69) is 16.0 Å². The minimum Gasteiger partial charge on any atom is -0.495 e. The van der Waals surface area contributed by atoms with Crippen molar-refractivity contribution >= 4 is 34.7 Å². The van der Waals surface area contributed by atoms with Crippen molar-refractivity contribution in [3.05, 3.63) is 77.9 Å². The fourth-order valence-corrected chi connectivity index (χ4v) is 2.93. The average molecular weight is 404 g/mol. The van der Waals surface area contributed by atoms with E-state index in [-0.39, 0.29) is 18.4 Å². The summed E-state index contributed by atoms with van der Waals surface area (Å²) in [5, 5.41) is 8.37. The standard InChI is InChI=1S/C23H24N4O3/c1-15-7-3-5-9-18(15)26-23(29)27-20-12-11-16(13-21(20)30-2)14-22(28)25-19-10-6-4-8-17(19)24/h3-13H,14,24H2,1-2H3,(H,25,28)(H2,26,27,29). The van der Waals surface area contributed by atoms with Gasteiger partial charge in [-0.2, -0.15) is 0 Å². The highest BCUT2D eigenvalue weighted by molar-refractivity contribution is 6.01. The zero-order chi connectivity index (χ0) is 21.5. The summed E-state index contributed by atoms with van der Waals surface area (Å²) in [6.45, 7) is 1.92. The molecule has 0 aliphatic heterocycles. The molecule has 7 nitrogen and oxygen atoms in total. The molecule has 0 bridgehead atoms. The van der Waals surface area contributed by atoms with E-state index in [1.54, 1.807) is 42.5 Å². The molecule has 0 atom stereocenters. The third kappa shape index (κ3) is 5.29. The van der Waals surface area contributed by atoms with E-state index in [0.29, 0.717) is 22.8 Å². The van der Waals surface area contributed by atoms with E-state index < -0.39 is 0 Å². The molecule has 0 saturated heterocycles. The fraction of sp³-hybridized carbons (Fsp3) is 0.130. The largest absolute Gasteiger partial charge is 0.495 e. The van der Waals surface area contributed by atoms with Crippen molar-refractivity contribution in [3.8, 4) is 5.75 Å². The molecular weight excluding hydrogens is 380 g/mol. The molecule has 0 aliphatic carbocycles. The molecule has 0 fully saturated rings. The van der Waals surface area contributed by atoms with Gasteiger partial charge >= 0.3 is 6.03 Å². The number of carbonyl (C=O) groups excluding carboxylic acids is 2. The number of aryl methyl sites for hydroxylation is 1. The minimum atomic E-state index is -0.382. The first kappa shape index (κ1) is 20.7. The first-order valence-electron chi connectivity index (χ1n) is 9.41. The number of rotatable bonds is 6. The molecule has 0 unspecified atom stereocenters. The molecule has 0 saturated carbocycles. The van der Waals surface area contributed by atoms with Crippen molar-refractivity contribution in [2.45, 2.75) is 13.3 Å². The summed E-state index contributed by atoms with van der Waals surface area (Å²) in [7, 11) is 1.51. The lowest BCUT2D eigenvalue weighted by molar-refractivity contribution is -0.115. The summed E-state index contributed by atoms with van der Waals surface area (Å²) in [5.74, 6) is 0.257. The number of nitrogens with two attached hydrogens (primary N) is 1. The molecule has 154 valence electrons. The number of methoxy groups -OCH3 is 1. The number of urea groups is 1. The number of carbonyl (C=O) groups is 2. The zero-order valence-electron chi connectivity index (χ0n) is 16.9. The van der Waals surface area contributed by atoms with Crippen molar-refractivity contribution in [1.29, 1.82) is 0 Å². The van der Waals surface area contributed by atoms with Gasteiger partial charge in [-0.25, -0.2) is 4.79 Å². The summed E-state index contributed by atoms with van der Waals surface area (Å²) in [4.78, 5) is 24.7. The first-order chi connectivity index (χ1) is 14.5. The van der Waals surface area contributed by atoms with Gasteiger partial charge in [-0.05, 0) is 48.4 Å². The normalized spacial score (nSPS) is 10.2. The highest BCUT2D eigenvalue weighted by atomic mass is 16.5. The lowest BCUT2D eigenvalue weighted by Crippen LogP contribution is -2.20. The van der Waals surface area contributed by atoms with Crippen LogP contribution in [-0.2, 0) is 11.2 Å². The second-order valence-corrected chi connectivity index (χ2v) is 6.74. The molecular formula is C23H24N4O3. The molecule has 0 aliphatic rings. The van der Waals surface area contributed by atoms with Crippen LogP contribution in [0.3, 0.4) is 0 Å². The van der Waals surface area contributed by atoms with Gasteiger partial charge in [0.2, 0.25) is 5.91 Å². The molecule has 3 aromatic carbocycles. The topological polar surface area (TPSA) is 105 Å². The lowest BCUT2D eigenvalue weighted by atomic mass is 10.1. The van der Waals surface area contributed by atoms with Crippen LogP contribution >= 0.6 is 0 Å².